The zero-order chi connectivity index (χ0) is 21.0. The monoisotopic (exact) mass is 395 g/mol. The number of carbonyl (C=O) groups excluding carboxylic acids is 2. The van der Waals surface area contributed by atoms with Gasteiger partial charge in [0.25, 0.3) is 0 Å². The lowest BCUT2D eigenvalue weighted by atomic mass is 9.97. The molecule has 4 rings (SSSR count). The number of aromatic amines is 1. The van der Waals surface area contributed by atoms with Gasteiger partial charge < -0.3 is 25.0 Å². The van der Waals surface area contributed by atoms with Gasteiger partial charge in [-0.3, -0.25) is 9.59 Å². The van der Waals surface area contributed by atoms with Crippen LogP contribution in [0.3, 0.4) is 0 Å². The minimum absolute atomic E-state index is 0.0126. The highest BCUT2D eigenvalue weighted by Crippen LogP contribution is 2.30. The summed E-state index contributed by atoms with van der Waals surface area (Å²) in [6, 6.07) is 14.5. The number of aromatic hydroxyl groups is 2. The van der Waals surface area contributed by atoms with Crippen molar-refractivity contribution >= 4 is 23.2 Å². The number of aromatic nitrogens is 1. The SMILES string of the molecule is C[C@H]1Cc2c([nH]c3ccccc23)CN1C(=O)CN(C)C=O.Oc1ccccc1O. The molecule has 152 valence electrons. The summed E-state index contributed by atoms with van der Waals surface area (Å²) in [5.41, 5.74) is 3.54. The number of para-hydroxylation sites is 3. The molecule has 0 saturated carbocycles. The van der Waals surface area contributed by atoms with Crippen LogP contribution >= 0.6 is 0 Å². The molecule has 3 N–H and O–H groups in total. The molecule has 0 fully saturated rings. The molecular weight excluding hydrogens is 370 g/mol. The van der Waals surface area contributed by atoms with Crippen molar-refractivity contribution < 1.29 is 19.8 Å². The van der Waals surface area contributed by atoms with Crippen LogP contribution in [0.15, 0.2) is 48.5 Å². The van der Waals surface area contributed by atoms with Crippen molar-refractivity contribution in [2.24, 2.45) is 0 Å². The number of phenols is 2. The molecule has 0 bridgehead atoms. The van der Waals surface area contributed by atoms with Crippen molar-refractivity contribution in [2.75, 3.05) is 13.6 Å². The van der Waals surface area contributed by atoms with Crippen LogP contribution in [-0.4, -0.2) is 56.9 Å². The summed E-state index contributed by atoms with van der Waals surface area (Å²) in [6.07, 6.45) is 1.52. The topological polar surface area (TPSA) is 96.9 Å². The molecule has 0 spiro atoms. The van der Waals surface area contributed by atoms with E-state index in [1.165, 1.54) is 28.0 Å². The summed E-state index contributed by atoms with van der Waals surface area (Å²) in [7, 11) is 1.62. The Balaban J connectivity index is 0.000000252. The van der Waals surface area contributed by atoms with Crippen molar-refractivity contribution in [2.45, 2.75) is 25.9 Å². The zero-order valence-corrected chi connectivity index (χ0v) is 16.5. The molecule has 7 heteroatoms. The van der Waals surface area contributed by atoms with Gasteiger partial charge in [-0.1, -0.05) is 30.3 Å². The second-order valence-corrected chi connectivity index (χ2v) is 7.21. The minimum Gasteiger partial charge on any atom is -0.504 e. The smallest absolute Gasteiger partial charge is 0.242 e. The van der Waals surface area contributed by atoms with Gasteiger partial charge in [0.1, 0.15) is 0 Å². The third-order valence-electron chi connectivity index (χ3n) is 5.03. The van der Waals surface area contributed by atoms with E-state index in [2.05, 4.69) is 24.0 Å². The molecule has 0 aliphatic carbocycles. The summed E-state index contributed by atoms with van der Waals surface area (Å²) >= 11 is 0. The lowest BCUT2D eigenvalue weighted by molar-refractivity contribution is -0.137. The number of benzene rings is 2. The fraction of sp³-hybridized carbons (Fsp3) is 0.273. The first kappa shape index (κ1) is 20.3. The van der Waals surface area contributed by atoms with Crippen LogP contribution in [0.1, 0.15) is 18.2 Å². The fourth-order valence-corrected chi connectivity index (χ4v) is 3.50. The van der Waals surface area contributed by atoms with E-state index in [0.29, 0.717) is 13.0 Å². The molecule has 0 unspecified atom stereocenters. The van der Waals surface area contributed by atoms with Gasteiger partial charge in [-0.25, -0.2) is 0 Å². The lowest BCUT2D eigenvalue weighted by Gasteiger charge is -2.34. The van der Waals surface area contributed by atoms with Gasteiger partial charge in [-0.15, -0.1) is 0 Å². The maximum atomic E-state index is 12.3. The number of rotatable bonds is 3. The third-order valence-corrected chi connectivity index (χ3v) is 5.03. The number of nitrogens with one attached hydrogen (secondary N) is 1. The van der Waals surface area contributed by atoms with E-state index in [9.17, 15) is 9.59 Å². The number of hydrogen-bond acceptors (Lipinski definition) is 4. The minimum atomic E-state index is -0.0764. The summed E-state index contributed by atoms with van der Waals surface area (Å²) < 4.78 is 0. The Morgan fingerprint density at radius 2 is 1.79 bits per heavy atom. The van der Waals surface area contributed by atoms with Crippen LogP contribution in [0.2, 0.25) is 0 Å². The Kier molecular flexibility index (Phi) is 6.07. The van der Waals surface area contributed by atoms with Crippen LogP contribution in [0.25, 0.3) is 10.9 Å². The van der Waals surface area contributed by atoms with E-state index in [0.717, 1.165) is 17.6 Å². The largest absolute Gasteiger partial charge is 0.504 e. The number of phenolic OH excluding ortho intramolecular Hbond substituents is 2. The van der Waals surface area contributed by atoms with E-state index < -0.39 is 0 Å². The Morgan fingerprint density at radius 1 is 1.17 bits per heavy atom. The second kappa shape index (κ2) is 8.68. The normalized spacial score (nSPS) is 15.2. The Bertz CT molecular complexity index is 993. The van der Waals surface area contributed by atoms with Crippen molar-refractivity contribution in [1.82, 2.24) is 14.8 Å². The van der Waals surface area contributed by atoms with Crippen LogP contribution in [0, 0.1) is 0 Å². The molecule has 0 radical (unpaired) electrons. The van der Waals surface area contributed by atoms with Gasteiger partial charge in [0.05, 0.1) is 13.1 Å². The number of fused-ring (bicyclic) bond motifs is 3. The molecule has 2 heterocycles. The van der Waals surface area contributed by atoms with Crippen LogP contribution in [-0.2, 0) is 22.6 Å². The van der Waals surface area contributed by atoms with Gasteiger partial charge in [-0.05, 0) is 37.1 Å². The molecule has 2 aromatic carbocycles. The predicted octanol–water partition coefficient (Wildman–Crippen LogP) is 2.63. The fourth-order valence-electron chi connectivity index (χ4n) is 3.50. The van der Waals surface area contributed by atoms with Crippen LogP contribution < -0.4 is 0 Å². The zero-order valence-electron chi connectivity index (χ0n) is 16.5. The van der Waals surface area contributed by atoms with Gasteiger partial charge >= 0.3 is 0 Å². The Labute approximate surface area is 169 Å². The molecule has 7 nitrogen and oxygen atoms in total. The number of amides is 2. The number of hydrogen-bond donors (Lipinski definition) is 3. The molecule has 1 aliphatic heterocycles. The Morgan fingerprint density at radius 3 is 2.41 bits per heavy atom. The van der Waals surface area contributed by atoms with Crippen molar-refractivity contribution in [1.29, 1.82) is 0 Å². The van der Waals surface area contributed by atoms with Gasteiger partial charge in [-0.2, -0.15) is 0 Å². The molecule has 1 aliphatic rings. The van der Waals surface area contributed by atoms with Crippen LogP contribution in [0.5, 0.6) is 11.5 Å². The molecule has 3 aromatic rings. The third kappa shape index (κ3) is 4.51. The number of nitrogens with zero attached hydrogens (tertiary/aromatic N) is 2. The van der Waals surface area contributed by atoms with Gasteiger partial charge in [0.15, 0.2) is 11.5 Å². The summed E-state index contributed by atoms with van der Waals surface area (Å²) in [5, 5.41) is 18.6. The lowest BCUT2D eigenvalue weighted by Crippen LogP contribution is -2.46. The van der Waals surface area contributed by atoms with Crippen molar-refractivity contribution in [3.8, 4) is 11.5 Å². The van der Waals surface area contributed by atoms with Gasteiger partial charge in [0.2, 0.25) is 12.3 Å². The summed E-state index contributed by atoms with van der Waals surface area (Å²) in [5.74, 6) is -0.165. The Hall–Kier alpha value is -3.48. The maximum absolute atomic E-state index is 12.3. The van der Waals surface area contributed by atoms with Crippen molar-refractivity contribution in [3.63, 3.8) is 0 Å². The first-order chi connectivity index (χ1) is 13.9. The standard InChI is InChI=1S/C16H19N3O2.C6H6O2/c1-11-7-13-12-5-3-4-6-14(12)17-15(13)8-19(11)16(21)9-18(2)10-20;7-5-3-1-2-4-6(5)8/h3-6,10-11,17H,7-9H2,1-2H3;1-4,7-8H/t11-;/m0./s1. The second-order valence-electron chi connectivity index (χ2n) is 7.21. The molecular formula is C22H25N3O4. The number of H-pyrrole nitrogens is 1. The molecule has 1 aromatic heterocycles. The van der Waals surface area contributed by atoms with E-state index in [1.54, 1.807) is 19.2 Å². The molecule has 1 atom stereocenters. The van der Waals surface area contributed by atoms with E-state index in [-0.39, 0.29) is 30.0 Å². The highest BCUT2D eigenvalue weighted by Gasteiger charge is 2.29. The molecule has 0 saturated heterocycles. The first-order valence-electron chi connectivity index (χ1n) is 9.41. The summed E-state index contributed by atoms with van der Waals surface area (Å²) in [4.78, 5) is 29.6. The number of carbonyl (C=O) groups is 2. The predicted molar refractivity (Wildman–Crippen MR) is 110 cm³/mol. The van der Waals surface area contributed by atoms with E-state index in [4.69, 9.17) is 10.2 Å². The average molecular weight is 395 g/mol. The quantitative estimate of drug-likeness (QED) is 0.469. The van der Waals surface area contributed by atoms with Gasteiger partial charge in [0, 0.05) is 29.7 Å². The molecule has 2 amide bonds. The van der Waals surface area contributed by atoms with E-state index >= 15 is 0 Å². The number of likely N-dealkylation sites (N-methyl/N-ethyl adjacent to an activating group) is 1. The van der Waals surface area contributed by atoms with Crippen molar-refractivity contribution in [3.05, 3.63) is 59.8 Å². The van der Waals surface area contributed by atoms with Crippen LogP contribution in [0.4, 0.5) is 0 Å². The first-order valence-corrected chi connectivity index (χ1v) is 9.41. The maximum Gasteiger partial charge on any atom is 0.242 e. The highest BCUT2D eigenvalue weighted by atomic mass is 16.3. The highest BCUT2D eigenvalue weighted by molar-refractivity contribution is 5.86. The molecule has 29 heavy (non-hydrogen) atoms. The average Bonchev–Trinajstić information content (AvgIpc) is 3.07. The summed E-state index contributed by atoms with van der Waals surface area (Å²) in [6.45, 7) is 2.77. The van der Waals surface area contributed by atoms with E-state index in [1.807, 2.05) is 17.0 Å².